The third kappa shape index (κ3) is 1.84. The molecule has 67 valence electrons. The fourth-order valence-corrected chi connectivity index (χ4v) is 2.24. The summed E-state index contributed by atoms with van der Waals surface area (Å²) in [6, 6.07) is 9.94. The van der Waals surface area contributed by atoms with Crippen molar-refractivity contribution < 1.29 is 4.90 Å². The molecule has 2 heteroatoms. The molecule has 0 aliphatic carbocycles. The molecule has 13 heavy (non-hydrogen) atoms. The van der Waals surface area contributed by atoms with Crippen LogP contribution in [0.5, 0.6) is 0 Å². The van der Waals surface area contributed by atoms with E-state index < -0.39 is 0 Å². The lowest BCUT2D eigenvalue weighted by atomic mass is 10.2. The second kappa shape index (κ2) is 4.07. The number of hydrogen-bond acceptors (Lipinski definition) is 0. The Morgan fingerprint density at radius 2 is 2.15 bits per heavy atom. The summed E-state index contributed by atoms with van der Waals surface area (Å²) in [6.07, 6.45) is 2.52. The first-order valence-corrected chi connectivity index (χ1v) is 5.70. The Morgan fingerprint density at radius 1 is 1.31 bits per heavy atom. The standard InChI is InChI=1S/C11H14NSi/c13-9-3-7-12-8-6-10-4-1-2-5-11(10)12/h1-2,4-5H,3,6-9H2/p+1. The van der Waals surface area contributed by atoms with Crippen molar-refractivity contribution in [1.29, 1.82) is 0 Å². The maximum absolute atomic E-state index is 3.53. The fourth-order valence-electron chi connectivity index (χ4n) is 2.06. The Balaban J connectivity index is 2.09. The van der Waals surface area contributed by atoms with Gasteiger partial charge < -0.3 is 4.90 Å². The van der Waals surface area contributed by atoms with Crippen LogP contribution in [0.4, 0.5) is 5.69 Å². The monoisotopic (exact) mass is 189 g/mol. The van der Waals surface area contributed by atoms with Gasteiger partial charge in [0.25, 0.3) is 0 Å². The molecule has 1 unspecified atom stereocenters. The Labute approximate surface area is 83.2 Å². The number of quaternary nitrogens is 1. The van der Waals surface area contributed by atoms with Gasteiger partial charge in [-0.3, -0.25) is 0 Å². The molecule has 1 aliphatic heterocycles. The van der Waals surface area contributed by atoms with Gasteiger partial charge in [-0.25, -0.2) is 0 Å². The summed E-state index contributed by atoms with van der Waals surface area (Å²) in [6.45, 7) is 2.55. The van der Waals surface area contributed by atoms with Crippen LogP contribution in [0.2, 0.25) is 6.04 Å². The Morgan fingerprint density at radius 3 is 3.00 bits per heavy atom. The smallest absolute Gasteiger partial charge is 0.134 e. The predicted octanol–water partition coefficient (Wildman–Crippen LogP) is 0.736. The van der Waals surface area contributed by atoms with Gasteiger partial charge >= 0.3 is 0 Å². The van der Waals surface area contributed by atoms with Crippen molar-refractivity contribution in [3.63, 3.8) is 0 Å². The van der Waals surface area contributed by atoms with Crippen molar-refractivity contribution in [2.75, 3.05) is 13.1 Å². The van der Waals surface area contributed by atoms with E-state index in [2.05, 4.69) is 34.5 Å². The highest BCUT2D eigenvalue weighted by molar-refractivity contribution is 6.08. The van der Waals surface area contributed by atoms with E-state index in [1.54, 1.807) is 10.5 Å². The molecule has 1 aromatic carbocycles. The van der Waals surface area contributed by atoms with Crippen LogP contribution in [-0.2, 0) is 6.42 Å². The summed E-state index contributed by atoms with van der Waals surface area (Å²) in [5.74, 6) is 0. The van der Waals surface area contributed by atoms with Gasteiger partial charge in [-0.05, 0) is 12.5 Å². The zero-order chi connectivity index (χ0) is 9.10. The molecule has 0 saturated heterocycles. The lowest BCUT2D eigenvalue weighted by Gasteiger charge is -2.12. The average Bonchev–Trinajstić information content (AvgIpc) is 2.58. The van der Waals surface area contributed by atoms with Crippen LogP contribution in [0.3, 0.4) is 0 Å². The highest BCUT2D eigenvalue weighted by atomic mass is 28.1. The highest BCUT2D eigenvalue weighted by Crippen LogP contribution is 2.14. The molecule has 0 bridgehead atoms. The molecule has 1 aliphatic rings. The molecule has 1 heterocycles. The van der Waals surface area contributed by atoms with Crippen LogP contribution < -0.4 is 4.90 Å². The molecule has 1 atom stereocenters. The van der Waals surface area contributed by atoms with Crippen LogP contribution in [0.25, 0.3) is 0 Å². The lowest BCUT2D eigenvalue weighted by molar-refractivity contribution is -0.826. The number of nitrogens with one attached hydrogen (secondary N) is 1. The number of benzene rings is 1. The summed E-state index contributed by atoms with van der Waals surface area (Å²) in [7, 11) is 3.53. The second-order valence-corrected chi connectivity index (χ2v) is 4.11. The first-order chi connectivity index (χ1) is 6.42. The summed E-state index contributed by atoms with van der Waals surface area (Å²) in [5, 5.41) is 0. The summed E-state index contributed by atoms with van der Waals surface area (Å²) >= 11 is 0. The average molecular weight is 189 g/mol. The molecule has 3 radical (unpaired) electrons. The van der Waals surface area contributed by atoms with Crippen molar-refractivity contribution in [2.24, 2.45) is 0 Å². The van der Waals surface area contributed by atoms with Crippen molar-refractivity contribution in [3.05, 3.63) is 29.8 Å². The molecule has 1 N–H and O–H groups in total. The van der Waals surface area contributed by atoms with Crippen molar-refractivity contribution in [1.82, 2.24) is 0 Å². The summed E-state index contributed by atoms with van der Waals surface area (Å²) in [5.41, 5.74) is 3.08. The van der Waals surface area contributed by atoms with Crippen LogP contribution in [0.1, 0.15) is 12.0 Å². The molecule has 0 aromatic heterocycles. The van der Waals surface area contributed by atoms with E-state index in [9.17, 15) is 0 Å². The van der Waals surface area contributed by atoms with Crippen molar-refractivity contribution in [3.8, 4) is 0 Å². The van der Waals surface area contributed by atoms with Gasteiger partial charge in [0.1, 0.15) is 5.69 Å². The second-order valence-electron chi connectivity index (χ2n) is 3.61. The predicted molar refractivity (Wildman–Crippen MR) is 55.7 cm³/mol. The topological polar surface area (TPSA) is 4.44 Å². The maximum atomic E-state index is 3.53. The lowest BCUT2D eigenvalue weighted by Crippen LogP contribution is -3.06. The van der Waals surface area contributed by atoms with Crippen molar-refractivity contribution in [2.45, 2.75) is 18.9 Å². The number of hydrogen-bond donors (Lipinski definition) is 1. The molecule has 0 amide bonds. The molecule has 0 spiro atoms. The van der Waals surface area contributed by atoms with E-state index in [4.69, 9.17) is 0 Å². The minimum atomic E-state index is 1.12. The minimum absolute atomic E-state index is 1.12. The van der Waals surface area contributed by atoms with E-state index in [0.717, 1.165) is 6.04 Å². The Kier molecular flexibility index (Phi) is 2.81. The van der Waals surface area contributed by atoms with Crippen LogP contribution >= 0.6 is 0 Å². The first-order valence-electron chi connectivity index (χ1n) is 4.99. The normalized spacial score (nSPS) is 20.2. The van der Waals surface area contributed by atoms with E-state index in [-0.39, 0.29) is 0 Å². The molecule has 0 fully saturated rings. The van der Waals surface area contributed by atoms with Gasteiger partial charge in [0, 0.05) is 22.2 Å². The summed E-state index contributed by atoms with van der Waals surface area (Å²) in [4.78, 5) is 1.66. The molecule has 2 rings (SSSR count). The van der Waals surface area contributed by atoms with Gasteiger partial charge in [-0.1, -0.05) is 24.2 Å². The van der Waals surface area contributed by atoms with Gasteiger partial charge in [-0.2, -0.15) is 0 Å². The van der Waals surface area contributed by atoms with E-state index in [0.29, 0.717) is 0 Å². The SMILES string of the molecule is [Si]CCC[NH+]1CCc2ccccc21. The highest BCUT2D eigenvalue weighted by Gasteiger charge is 2.22. The zero-order valence-electron chi connectivity index (χ0n) is 7.84. The minimum Gasteiger partial charge on any atom is -0.302 e. The van der Waals surface area contributed by atoms with Crippen LogP contribution in [0.15, 0.2) is 24.3 Å². The number of para-hydroxylation sites is 1. The number of rotatable bonds is 3. The Hall–Kier alpha value is -0.603. The molecule has 1 aromatic rings. The first kappa shape index (κ1) is 8.97. The molecule has 0 saturated carbocycles. The van der Waals surface area contributed by atoms with Crippen molar-refractivity contribution >= 4 is 15.9 Å². The third-order valence-electron chi connectivity index (χ3n) is 2.75. The summed E-state index contributed by atoms with van der Waals surface area (Å²) < 4.78 is 0. The molecular weight excluding hydrogens is 174 g/mol. The zero-order valence-corrected chi connectivity index (χ0v) is 8.84. The van der Waals surface area contributed by atoms with Gasteiger partial charge in [-0.15, -0.1) is 0 Å². The molecule has 1 nitrogen and oxygen atoms in total. The van der Waals surface area contributed by atoms with Gasteiger partial charge in [0.2, 0.25) is 0 Å². The van der Waals surface area contributed by atoms with E-state index >= 15 is 0 Å². The number of fused-ring (bicyclic) bond motifs is 1. The van der Waals surface area contributed by atoms with Gasteiger partial charge in [0.15, 0.2) is 0 Å². The fraction of sp³-hybridized carbons (Fsp3) is 0.455. The Bertz CT molecular complexity index is 285. The molecular formula is C11H15NSi+. The third-order valence-corrected chi connectivity index (χ3v) is 3.10. The quantitative estimate of drug-likeness (QED) is 0.669. The van der Waals surface area contributed by atoms with E-state index in [1.807, 2.05) is 0 Å². The maximum Gasteiger partial charge on any atom is 0.134 e. The largest absolute Gasteiger partial charge is 0.302 e. The van der Waals surface area contributed by atoms with Crippen LogP contribution in [-0.4, -0.2) is 23.3 Å². The van der Waals surface area contributed by atoms with Crippen LogP contribution in [0, 0.1) is 0 Å². The van der Waals surface area contributed by atoms with E-state index in [1.165, 1.54) is 31.6 Å². The van der Waals surface area contributed by atoms with Gasteiger partial charge in [0.05, 0.1) is 13.1 Å².